The fourth-order valence-corrected chi connectivity index (χ4v) is 1.86. The van der Waals surface area contributed by atoms with E-state index in [-0.39, 0.29) is 5.60 Å². The molecule has 0 saturated carbocycles. The third-order valence-corrected chi connectivity index (χ3v) is 2.35. The van der Waals surface area contributed by atoms with Gasteiger partial charge in [-0.15, -0.1) is 0 Å². The summed E-state index contributed by atoms with van der Waals surface area (Å²) in [5, 5.41) is 3.47. The second-order valence-corrected chi connectivity index (χ2v) is 3.94. The first-order chi connectivity index (χ1) is 6.09. The van der Waals surface area contributed by atoms with Crippen molar-refractivity contribution in [2.45, 2.75) is 19.4 Å². The summed E-state index contributed by atoms with van der Waals surface area (Å²) in [4.78, 5) is 0. The van der Waals surface area contributed by atoms with Crippen LogP contribution in [0.3, 0.4) is 0 Å². The molecular weight excluding hydrogens is 182 g/mol. The van der Waals surface area contributed by atoms with Crippen LogP contribution in [0.15, 0.2) is 24.3 Å². The lowest BCUT2D eigenvalue weighted by Crippen LogP contribution is -2.34. The Morgan fingerprint density at radius 2 is 2.00 bits per heavy atom. The Hall–Kier alpha value is -1.09. The predicted molar refractivity (Wildman–Crippen MR) is 56.8 cm³/mol. The van der Waals surface area contributed by atoms with Crippen LogP contribution in [0.1, 0.15) is 19.4 Å². The topological polar surface area (TPSA) is 21.3 Å². The van der Waals surface area contributed by atoms with Gasteiger partial charge in [-0.1, -0.05) is 18.2 Å². The second kappa shape index (κ2) is 2.70. The highest BCUT2D eigenvalue weighted by Crippen LogP contribution is 2.34. The number of para-hydroxylation sites is 1. The molecule has 0 fully saturated rings. The molecule has 0 atom stereocenters. The first-order valence-electron chi connectivity index (χ1n) is 4.19. The van der Waals surface area contributed by atoms with E-state index in [0.29, 0.717) is 5.17 Å². The highest BCUT2D eigenvalue weighted by atomic mass is 32.1. The van der Waals surface area contributed by atoms with Crippen molar-refractivity contribution < 1.29 is 4.74 Å². The number of thiocarbonyl (C=S) groups is 1. The van der Waals surface area contributed by atoms with Crippen molar-refractivity contribution in [1.82, 2.24) is 0 Å². The van der Waals surface area contributed by atoms with Gasteiger partial charge in [0.25, 0.3) is 5.17 Å². The van der Waals surface area contributed by atoms with Gasteiger partial charge in [-0.2, -0.15) is 0 Å². The molecule has 68 valence electrons. The van der Waals surface area contributed by atoms with Crippen LogP contribution in [0.5, 0.6) is 0 Å². The molecule has 2 nitrogen and oxygen atoms in total. The quantitative estimate of drug-likeness (QED) is 0.640. The van der Waals surface area contributed by atoms with Crippen molar-refractivity contribution in [1.29, 1.82) is 0 Å². The van der Waals surface area contributed by atoms with Crippen LogP contribution in [0.2, 0.25) is 0 Å². The Bertz CT molecular complexity index is 360. The maximum atomic E-state index is 5.52. The Kier molecular flexibility index (Phi) is 1.77. The van der Waals surface area contributed by atoms with Gasteiger partial charge >= 0.3 is 0 Å². The van der Waals surface area contributed by atoms with E-state index >= 15 is 0 Å². The lowest BCUT2D eigenvalue weighted by atomic mass is 9.95. The summed E-state index contributed by atoms with van der Waals surface area (Å²) in [6.45, 7) is 4.03. The molecule has 0 aliphatic carbocycles. The summed E-state index contributed by atoms with van der Waals surface area (Å²) in [5.41, 5.74) is 1.87. The molecule has 0 bridgehead atoms. The number of hydrogen-bond acceptors (Lipinski definition) is 2. The highest BCUT2D eigenvalue weighted by molar-refractivity contribution is 7.80. The summed E-state index contributed by atoms with van der Waals surface area (Å²) in [6.07, 6.45) is 0. The van der Waals surface area contributed by atoms with E-state index < -0.39 is 0 Å². The molecule has 0 aromatic heterocycles. The number of fused-ring (bicyclic) bond motifs is 1. The Morgan fingerprint density at radius 3 is 2.77 bits per heavy atom. The maximum absolute atomic E-state index is 5.52. The Labute approximate surface area is 82.9 Å². The Morgan fingerprint density at radius 1 is 1.31 bits per heavy atom. The van der Waals surface area contributed by atoms with E-state index in [1.54, 1.807) is 0 Å². The minimum atomic E-state index is -0.321. The molecule has 1 aliphatic rings. The van der Waals surface area contributed by atoms with Gasteiger partial charge < -0.3 is 10.1 Å². The van der Waals surface area contributed by atoms with E-state index in [1.807, 2.05) is 38.1 Å². The minimum Gasteiger partial charge on any atom is -0.460 e. The van der Waals surface area contributed by atoms with Crippen LogP contribution in [0.25, 0.3) is 0 Å². The van der Waals surface area contributed by atoms with Crippen LogP contribution in [0.4, 0.5) is 5.69 Å². The average Bonchev–Trinajstić information content (AvgIpc) is 2.02. The first-order valence-corrected chi connectivity index (χ1v) is 4.60. The molecule has 0 radical (unpaired) electrons. The molecule has 0 amide bonds. The van der Waals surface area contributed by atoms with Crippen molar-refractivity contribution in [2.75, 3.05) is 5.32 Å². The maximum Gasteiger partial charge on any atom is 0.262 e. The zero-order valence-electron chi connectivity index (χ0n) is 7.63. The van der Waals surface area contributed by atoms with Crippen molar-refractivity contribution >= 4 is 23.1 Å². The number of rotatable bonds is 0. The summed E-state index contributed by atoms with van der Waals surface area (Å²) in [6, 6.07) is 8.03. The van der Waals surface area contributed by atoms with Crippen molar-refractivity contribution in [2.24, 2.45) is 0 Å². The van der Waals surface area contributed by atoms with E-state index in [0.717, 1.165) is 11.3 Å². The fourth-order valence-electron chi connectivity index (χ4n) is 1.54. The number of anilines is 1. The zero-order chi connectivity index (χ0) is 9.47. The average molecular weight is 193 g/mol. The molecule has 1 aromatic rings. The van der Waals surface area contributed by atoms with Gasteiger partial charge in [0, 0.05) is 11.3 Å². The lowest BCUT2D eigenvalue weighted by molar-refractivity contribution is 0.0947. The van der Waals surface area contributed by atoms with Gasteiger partial charge in [0.2, 0.25) is 0 Å². The third-order valence-electron chi connectivity index (χ3n) is 2.16. The lowest BCUT2D eigenvalue weighted by Gasteiger charge is -2.33. The smallest absolute Gasteiger partial charge is 0.262 e. The molecule has 1 N–H and O–H groups in total. The largest absolute Gasteiger partial charge is 0.460 e. The monoisotopic (exact) mass is 193 g/mol. The molecule has 0 saturated heterocycles. The van der Waals surface area contributed by atoms with Crippen molar-refractivity contribution in [3.63, 3.8) is 0 Å². The molecular formula is C10H11NOS. The van der Waals surface area contributed by atoms with Crippen LogP contribution >= 0.6 is 12.2 Å². The first kappa shape index (κ1) is 8.51. The molecule has 1 aliphatic heterocycles. The Balaban J connectivity index is 2.56. The molecule has 1 aromatic carbocycles. The highest BCUT2D eigenvalue weighted by Gasteiger charge is 2.30. The van der Waals surface area contributed by atoms with Gasteiger partial charge in [-0.05, 0) is 32.1 Å². The van der Waals surface area contributed by atoms with E-state index in [9.17, 15) is 0 Å². The fraction of sp³-hybridized carbons (Fsp3) is 0.300. The second-order valence-electron chi connectivity index (χ2n) is 3.57. The van der Waals surface area contributed by atoms with Crippen LogP contribution in [-0.2, 0) is 10.3 Å². The normalized spacial score (nSPS) is 18.5. The minimum absolute atomic E-state index is 0.321. The molecule has 0 unspecified atom stereocenters. The molecule has 13 heavy (non-hydrogen) atoms. The van der Waals surface area contributed by atoms with E-state index in [2.05, 4.69) is 5.32 Å². The molecule has 2 rings (SSSR count). The molecule has 3 heteroatoms. The van der Waals surface area contributed by atoms with Crippen LogP contribution in [0, 0.1) is 0 Å². The van der Waals surface area contributed by atoms with Gasteiger partial charge in [0.1, 0.15) is 5.60 Å². The summed E-state index contributed by atoms with van der Waals surface area (Å²) >= 11 is 5.00. The number of nitrogens with one attached hydrogen (secondary N) is 1. The van der Waals surface area contributed by atoms with Crippen molar-refractivity contribution in [3.8, 4) is 0 Å². The summed E-state index contributed by atoms with van der Waals surface area (Å²) < 4.78 is 5.52. The van der Waals surface area contributed by atoms with Gasteiger partial charge in [-0.25, -0.2) is 0 Å². The van der Waals surface area contributed by atoms with Crippen molar-refractivity contribution in [3.05, 3.63) is 29.8 Å². The number of benzene rings is 1. The molecule has 1 heterocycles. The van der Waals surface area contributed by atoms with Gasteiger partial charge in [0.05, 0.1) is 0 Å². The summed E-state index contributed by atoms with van der Waals surface area (Å²) in [5.74, 6) is 0. The van der Waals surface area contributed by atoms with Crippen LogP contribution in [-0.4, -0.2) is 5.17 Å². The number of hydrogen-bond donors (Lipinski definition) is 1. The third kappa shape index (κ3) is 1.40. The zero-order valence-corrected chi connectivity index (χ0v) is 8.44. The summed E-state index contributed by atoms with van der Waals surface area (Å²) in [7, 11) is 0. The van der Waals surface area contributed by atoms with E-state index in [4.69, 9.17) is 17.0 Å². The predicted octanol–water partition coefficient (Wildman–Crippen LogP) is 2.65. The standard InChI is InChI=1S/C10H11NOS/c1-10(2)7-5-3-4-6-8(7)11-9(13)12-10/h3-6H,1-2H3,(H,11,13). The number of ether oxygens (including phenoxy) is 1. The van der Waals surface area contributed by atoms with Gasteiger partial charge in [0.15, 0.2) is 0 Å². The van der Waals surface area contributed by atoms with E-state index in [1.165, 1.54) is 0 Å². The SMILES string of the molecule is CC1(C)OC(=S)Nc2ccccc21. The van der Waals surface area contributed by atoms with Crippen LogP contribution < -0.4 is 5.32 Å². The molecule has 0 spiro atoms. The van der Waals surface area contributed by atoms with Gasteiger partial charge in [-0.3, -0.25) is 0 Å².